The number of amides is 2. The van der Waals surface area contributed by atoms with Gasteiger partial charge in [-0.1, -0.05) is 60.7 Å². The molecule has 0 saturated carbocycles. The fraction of sp³-hybridized carbons (Fsp3) is 0.133. The van der Waals surface area contributed by atoms with Crippen molar-refractivity contribution < 1.29 is 23.5 Å². The van der Waals surface area contributed by atoms with E-state index in [1.165, 1.54) is 24.3 Å². The molecule has 0 heterocycles. The van der Waals surface area contributed by atoms with Gasteiger partial charge in [0.15, 0.2) is 0 Å². The lowest BCUT2D eigenvalue weighted by Crippen LogP contribution is -2.47. The molecule has 0 aromatic heterocycles. The first kappa shape index (κ1) is 25.6. The molecule has 0 aliphatic carbocycles. The molecular weight excluding hydrogens is 471 g/mol. The van der Waals surface area contributed by atoms with E-state index in [9.17, 15) is 14.0 Å². The Labute approximate surface area is 215 Å². The molecule has 6 nitrogen and oxygen atoms in total. The fourth-order valence-electron chi connectivity index (χ4n) is 3.55. The van der Waals surface area contributed by atoms with Crippen molar-refractivity contribution in [2.24, 2.45) is 0 Å². The summed E-state index contributed by atoms with van der Waals surface area (Å²) in [5.74, 6) is 0.00131. The van der Waals surface area contributed by atoms with Crippen LogP contribution >= 0.6 is 0 Å². The van der Waals surface area contributed by atoms with E-state index in [-0.39, 0.29) is 24.8 Å². The summed E-state index contributed by atoms with van der Waals surface area (Å²) in [5, 5.41) is 5.61. The number of hydrogen-bond acceptors (Lipinski definition) is 4. The van der Waals surface area contributed by atoms with Crippen molar-refractivity contribution in [3.8, 4) is 11.5 Å². The lowest BCUT2D eigenvalue weighted by atomic mass is 10.1. The van der Waals surface area contributed by atoms with Crippen molar-refractivity contribution in [3.63, 3.8) is 0 Å². The molecule has 188 valence electrons. The molecule has 0 saturated heterocycles. The highest BCUT2D eigenvalue weighted by molar-refractivity contribution is 5.97. The van der Waals surface area contributed by atoms with E-state index in [1.54, 1.807) is 24.3 Å². The average molecular weight is 499 g/mol. The normalized spacial score (nSPS) is 11.4. The van der Waals surface area contributed by atoms with Crippen molar-refractivity contribution in [3.05, 3.63) is 126 Å². The average Bonchev–Trinajstić information content (AvgIpc) is 2.91. The smallest absolute Gasteiger partial charge is 0.249 e. The van der Waals surface area contributed by atoms with Gasteiger partial charge >= 0.3 is 0 Å². The topological polar surface area (TPSA) is 76.7 Å². The van der Waals surface area contributed by atoms with Crippen LogP contribution in [-0.2, 0) is 27.4 Å². The minimum atomic E-state index is -0.893. The van der Waals surface area contributed by atoms with E-state index in [4.69, 9.17) is 9.47 Å². The molecule has 0 radical (unpaired) electrons. The molecule has 4 aromatic carbocycles. The Bertz CT molecular complexity index is 1280. The van der Waals surface area contributed by atoms with Crippen LogP contribution < -0.4 is 15.4 Å². The Balaban J connectivity index is 1.37. The predicted molar refractivity (Wildman–Crippen MR) is 140 cm³/mol. The number of halogens is 1. The highest BCUT2D eigenvalue weighted by atomic mass is 19.1. The first-order valence-electron chi connectivity index (χ1n) is 11.8. The summed E-state index contributed by atoms with van der Waals surface area (Å²) in [6, 6.07) is 30.5. The van der Waals surface area contributed by atoms with Crippen molar-refractivity contribution in [1.29, 1.82) is 0 Å². The number of carbonyl (C=O) groups is 2. The maximum atomic E-state index is 13.1. The second-order valence-corrected chi connectivity index (χ2v) is 8.35. The molecule has 0 spiro atoms. The maximum absolute atomic E-state index is 13.1. The predicted octanol–water partition coefficient (Wildman–Crippen LogP) is 5.50. The third kappa shape index (κ3) is 8.30. The van der Waals surface area contributed by atoms with Crippen LogP contribution in [0.15, 0.2) is 109 Å². The highest BCUT2D eigenvalue weighted by Crippen LogP contribution is 2.23. The Morgan fingerprint density at radius 3 is 1.92 bits per heavy atom. The van der Waals surface area contributed by atoms with E-state index in [1.807, 2.05) is 60.7 Å². The third-order valence-electron chi connectivity index (χ3n) is 5.43. The molecule has 0 unspecified atom stereocenters. The van der Waals surface area contributed by atoms with Gasteiger partial charge in [-0.15, -0.1) is 0 Å². The van der Waals surface area contributed by atoms with Gasteiger partial charge in [0, 0.05) is 5.69 Å². The number of hydrogen-bond donors (Lipinski definition) is 2. The second-order valence-electron chi connectivity index (χ2n) is 8.35. The highest BCUT2D eigenvalue weighted by Gasteiger charge is 2.21. The lowest BCUT2D eigenvalue weighted by Gasteiger charge is -2.19. The molecule has 1 atom stereocenters. The summed E-state index contributed by atoms with van der Waals surface area (Å²) in [6.07, 6.45) is 0.152. The zero-order valence-electron chi connectivity index (χ0n) is 20.1. The van der Waals surface area contributed by atoms with Crippen LogP contribution in [0.25, 0.3) is 0 Å². The molecule has 2 N–H and O–H groups in total. The summed E-state index contributed by atoms with van der Waals surface area (Å²) in [4.78, 5) is 25.7. The van der Waals surface area contributed by atoms with Crippen LogP contribution in [0.4, 0.5) is 10.1 Å². The van der Waals surface area contributed by atoms with Gasteiger partial charge in [0.25, 0.3) is 0 Å². The zero-order valence-corrected chi connectivity index (χ0v) is 20.1. The van der Waals surface area contributed by atoms with Gasteiger partial charge < -0.3 is 20.1 Å². The van der Waals surface area contributed by atoms with Crippen LogP contribution in [0.1, 0.15) is 11.1 Å². The molecule has 7 heteroatoms. The van der Waals surface area contributed by atoms with Crippen molar-refractivity contribution in [1.82, 2.24) is 5.32 Å². The number of rotatable bonds is 11. The minimum absolute atomic E-state index is 0.00696. The van der Waals surface area contributed by atoms with E-state index in [0.717, 1.165) is 11.1 Å². The van der Waals surface area contributed by atoms with Crippen molar-refractivity contribution >= 4 is 17.5 Å². The van der Waals surface area contributed by atoms with Crippen LogP contribution in [-0.4, -0.2) is 24.5 Å². The van der Waals surface area contributed by atoms with Gasteiger partial charge in [0.1, 0.15) is 23.4 Å². The summed E-state index contributed by atoms with van der Waals surface area (Å²) in [5.41, 5.74) is 2.34. The molecular formula is C30H27FN2O4. The van der Waals surface area contributed by atoms with E-state index < -0.39 is 11.9 Å². The van der Waals surface area contributed by atoms with Gasteiger partial charge in [0.2, 0.25) is 11.8 Å². The molecule has 0 bridgehead atoms. The molecule has 0 fully saturated rings. The van der Waals surface area contributed by atoms with Gasteiger partial charge in [-0.25, -0.2) is 4.39 Å². The molecule has 0 aliphatic rings. The van der Waals surface area contributed by atoms with E-state index in [2.05, 4.69) is 10.6 Å². The summed E-state index contributed by atoms with van der Waals surface area (Å²) in [7, 11) is 0. The van der Waals surface area contributed by atoms with E-state index in [0.29, 0.717) is 23.8 Å². The molecule has 4 rings (SSSR count). The number of anilines is 1. The van der Waals surface area contributed by atoms with Crippen molar-refractivity contribution in [2.75, 3.05) is 11.9 Å². The van der Waals surface area contributed by atoms with Crippen LogP contribution in [0.2, 0.25) is 0 Å². The Morgan fingerprint density at radius 1 is 0.730 bits per heavy atom. The first-order valence-corrected chi connectivity index (χ1v) is 11.8. The summed E-state index contributed by atoms with van der Waals surface area (Å²) in [6.45, 7) is 0.321. The fourth-order valence-corrected chi connectivity index (χ4v) is 3.55. The lowest BCUT2D eigenvalue weighted by molar-refractivity contribution is -0.127. The first-order chi connectivity index (χ1) is 18.0. The van der Waals surface area contributed by atoms with Gasteiger partial charge in [-0.3, -0.25) is 9.59 Å². The minimum Gasteiger partial charge on any atom is -0.457 e. The molecule has 2 amide bonds. The Kier molecular flexibility index (Phi) is 8.99. The standard InChI is InChI=1S/C30H27FN2O4/c31-24-11-15-26(16-12-24)37-27-17-13-25(14-18-27)32-30(35)28(21-36-20-23-9-5-2-6-10-23)33-29(34)19-22-7-3-1-4-8-22/h1-18,28H,19-21H2,(H,32,35)(H,33,34)/t28-/m0/s1. The quantitative estimate of drug-likeness (QED) is 0.286. The second kappa shape index (κ2) is 13.0. The SMILES string of the molecule is O=C(Cc1ccccc1)N[C@@H](COCc1ccccc1)C(=O)Nc1ccc(Oc2ccc(F)cc2)cc1. The zero-order chi connectivity index (χ0) is 25.9. The van der Waals surface area contributed by atoms with Crippen molar-refractivity contribution in [2.45, 2.75) is 19.1 Å². The number of nitrogens with one attached hydrogen (secondary N) is 2. The number of carbonyl (C=O) groups excluding carboxylic acids is 2. The summed E-state index contributed by atoms with van der Waals surface area (Å²) >= 11 is 0. The maximum Gasteiger partial charge on any atom is 0.249 e. The van der Waals surface area contributed by atoms with Gasteiger partial charge in [-0.2, -0.15) is 0 Å². The number of benzene rings is 4. The van der Waals surface area contributed by atoms with Crippen LogP contribution in [0.3, 0.4) is 0 Å². The van der Waals surface area contributed by atoms with Crippen LogP contribution in [0.5, 0.6) is 11.5 Å². The van der Waals surface area contributed by atoms with Crippen LogP contribution in [0, 0.1) is 5.82 Å². The Morgan fingerprint density at radius 2 is 1.30 bits per heavy atom. The molecule has 0 aliphatic heterocycles. The van der Waals surface area contributed by atoms with Gasteiger partial charge in [-0.05, 0) is 59.7 Å². The molecule has 37 heavy (non-hydrogen) atoms. The largest absolute Gasteiger partial charge is 0.457 e. The van der Waals surface area contributed by atoms with Gasteiger partial charge in [0.05, 0.1) is 19.6 Å². The Hall–Kier alpha value is -4.49. The molecule has 4 aromatic rings. The monoisotopic (exact) mass is 498 g/mol. The van der Waals surface area contributed by atoms with E-state index >= 15 is 0 Å². The third-order valence-corrected chi connectivity index (χ3v) is 5.43. The number of ether oxygens (including phenoxy) is 2. The summed E-state index contributed by atoms with van der Waals surface area (Å²) < 4.78 is 24.5.